The summed E-state index contributed by atoms with van der Waals surface area (Å²) < 4.78 is 0.983. The number of carbonyl (C=O) groups is 1. The van der Waals surface area contributed by atoms with E-state index < -0.39 is 5.91 Å². The summed E-state index contributed by atoms with van der Waals surface area (Å²) in [6.07, 6.45) is 1.41. The molecule has 0 spiro atoms. The van der Waals surface area contributed by atoms with E-state index in [4.69, 9.17) is 16.9 Å². The molecule has 1 amide bonds. The zero-order valence-electron chi connectivity index (χ0n) is 10.1. The van der Waals surface area contributed by atoms with Crippen LogP contribution < -0.4 is 10.6 Å². The number of benzene rings is 1. The third-order valence-corrected chi connectivity index (χ3v) is 2.87. The van der Waals surface area contributed by atoms with Crippen molar-refractivity contribution >= 4 is 33.4 Å². The highest BCUT2D eigenvalue weighted by Crippen LogP contribution is 2.11. The number of nitrogens with zero attached hydrogens (tertiary/aromatic N) is 1. The van der Waals surface area contributed by atoms with Crippen LogP contribution in [-0.2, 0) is 11.3 Å². The van der Waals surface area contributed by atoms with Crippen molar-refractivity contribution in [1.82, 2.24) is 10.6 Å². The van der Waals surface area contributed by atoms with Crippen molar-refractivity contribution in [2.75, 3.05) is 12.4 Å². The van der Waals surface area contributed by atoms with Gasteiger partial charge in [-0.25, -0.2) is 0 Å². The van der Waals surface area contributed by atoms with Crippen LogP contribution in [0, 0.1) is 11.3 Å². The van der Waals surface area contributed by atoms with Crippen molar-refractivity contribution in [1.29, 1.82) is 5.26 Å². The molecule has 1 rings (SSSR count). The van der Waals surface area contributed by atoms with Crippen molar-refractivity contribution in [3.8, 4) is 6.07 Å². The summed E-state index contributed by atoms with van der Waals surface area (Å²) in [6.45, 7) is 0.873. The fraction of sp³-hybridized carbons (Fsp3) is 0.231. The lowest BCUT2D eigenvalue weighted by atomic mass is 10.2. The SMILES string of the molecule is N#C/C(=C/NCc1cccc(Br)c1)C(=O)NCCCl. The topological polar surface area (TPSA) is 64.9 Å². The zero-order chi connectivity index (χ0) is 14.1. The molecule has 19 heavy (non-hydrogen) atoms. The molecule has 0 aliphatic heterocycles. The number of nitrogens with one attached hydrogen (secondary N) is 2. The van der Waals surface area contributed by atoms with Crippen molar-refractivity contribution in [3.05, 3.63) is 46.1 Å². The minimum Gasteiger partial charge on any atom is -0.386 e. The van der Waals surface area contributed by atoms with Crippen LogP contribution in [0.1, 0.15) is 5.56 Å². The first-order valence-corrected chi connectivity index (χ1v) is 6.92. The smallest absolute Gasteiger partial charge is 0.263 e. The molecule has 0 aromatic heterocycles. The molecule has 0 fully saturated rings. The summed E-state index contributed by atoms with van der Waals surface area (Å²) >= 11 is 8.83. The van der Waals surface area contributed by atoms with E-state index >= 15 is 0 Å². The third kappa shape index (κ3) is 5.77. The maximum atomic E-state index is 11.5. The average Bonchev–Trinajstić information content (AvgIpc) is 2.41. The van der Waals surface area contributed by atoms with Gasteiger partial charge >= 0.3 is 0 Å². The van der Waals surface area contributed by atoms with Crippen molar-refractivity contribution in [3.63, 3.8) is 0 Å². The van der Waals surface area contributed by atoms with Crippen LogP contribution in [0.15, 0.2) is 40.5 Å². The summed E-state index contributed by atoms with van der Waals surface area (Å²) in [6, 6.07) is 9.60. The Bertz CT molecular complexity index is 511. The summed E-state index contributed by atoms with van der Waals surface area (Å²) in [7, 11) is 0. The van der Waals surface area contributed by atoms with Crippen LogP contribution in [0.3, 0.4) is 0 Å². The highest BCUT2D eigenvalue weighted by Gasteiger charge is 2.06. The van der Waals surface area contributed by atoms with Crippen LogP contribution in [-0.4, -0.2) is 18.3 Å². The fourth-order valence-corrected chi connectivity index (χ4v) is 1.86. The second kappa shape index (κ2) is 8.57. The molecule has 1 aromatic carbocycles. The zero-order valence-corrected chi connectivity index (χ0v) is 12.5. The van der Waals surface area contributed by atoms with E-state index in [9.17, 15) is 4.79 Å². The van der Waals surface area contributed by atoms with Crippen LogP contribution in [0.2, 0.25) is 0 Å². The van der Waals surface area contributed by atoms with E-state index in [0.717, 1.165) is 10.0 Å². The van der Waals surface area contributed by atoms with E-state index in [1.165, 1.54) is 6.20 Å². The molecule has 0 heterocycles. The van der Waals surface area contributed by atoms with E-state index in [2.05, 4.69) is 26.6 Å². The number of rotatable bonds is 6. The summed E-state index contributed by atoms with van der Waals surface area (Å²) in [5.74, 6) is -0.111. The van der Waals surface area contributed by atoms with Gasteiger partial charge in [-0.1, -0.05) is 28.1 Å². The number of alkyl halides is 1. The van der Waals surface area contributed by atoms with Crippen molar-refractivity contribution in [2.24, 2.45) is 0 Å². The van der Waals surface area contributed by atoms with Gasteiger partial charge in [0.05, 0.1) is 0 Å². The van der Waals surface area contributed by atoms with Gasteiger partial charge in [-0.2, -0.15) is 5.26 Å². The molecular weight excluding hydrogens is 330 g/mol. The predicted molar refractivity (Wildman–Crippen MR) is 78.4 cm³/mol. The fourth-order valence-electron chi connectivity index (χ4n) is 1.32. The molecule has 4 nitrogen and oxygen atoms in total. The Morgan fingerprint density at radius 1 is 1.53 bits per heavy atom. The van der Waals surface area contributed by atoms with Crippen LogP contribution in [0.4, 0.5) is 0 Å². The summed E-state index contributed by atoms with van der Waals surface area (Å²) in [5, 5.41) is 14.3. The minimum absolute atomic E-state index is 0.0279. The largest absolute Gasteiger partial charge is 0.386 e. The van der Waals surface area contributed by atoms with Gasteiger partial charge in [0.2, 0.25) is 0 Å². The number of amides is 1. The van der Waals surface area contributed by atoms with Gasteiger partial charge in [-0.15, -0.1) is 11.6 Å². The lowest BCUT2D eigenvalue weighted by Crippen LogP contribution is -2.27. The molecule has 0 saturated heterocycles. The number of halogens is 2. The normalized spacial score (nSPS) is 10.7. The Morgan fingerprint density at radius 2 is 2.32 bits per heavy atom. The van der Waals surface area contributed by atoms with E-state index in [1.807, 2.05) is 30.3 Å². The second-order valence-electron chi connectivity index (χ2n) is 3.63. The molecule has 100 valence electrons. The van der Waals surface area contributed by atoms with Gasteiger partial charge in [-0.05, 0) is 17.7 Å². The lowest BCUT2D eigenvalue weighted by Gasteiger charge is -2.04. The number of hydrogen-bond acceptors (Lipinski definition) is 3. The number of hydrogen-bond donors (Lipinski definition) is 2. The van der Waals surface area contributed by atoms with Gasteiger partial charge in [-0.3, -0.25) is 4.79 Å². The molecule has 0 aliphatic rings. The van der Waals surface area contributed by atoms with Gasteiger partial charge in [0.15, 0.2) is 0 Å². The Labute approximate surface area is 125 Å². The lowest BCUT2D eigenvalue weighted by molar-refractivity contribution is -0.117. The molecule has 0 unspecified atom stereocenters. The Morgan fingerprint density at radius 3 is 2.95 bits per heavy atom. The van der Waals surface area contributed by atoms with Gasteiger partial charge in [0.25, 0.3) is 5.91 Å². The van der Waals surface area contributed by atoms with Crippen LogP contribution in [0.25, 0.3) is 0 Å². The second-order valence-corrected chi connectivity index (χ2v) is 4.92. The first kappa shape index (κ1) is 15.5. The molecule has 0 saturated carbocycles. The highest BCUT2D eigenvalue weighted by atomic mass is 79.9. The quantitative estimate of drug-likeness (QED) is 0.474. The predicted octanol–water partition coefficient (Wildman–Crippen LogP) is 2.30. The summed E-state index contributed by atoms with van der Waals surface area (Å²) in [4.78, 5) is 11.5. The summed E-state index contributed by atoms with van der Waals surface area (Å²) in [5.41, 5.74) is 1.07. The molecule has 1 aromatic rings. The number of carbonyl (C=O) groups excluding carboxylic acids is 1. The molecule has 0 atom stereocenters. The van der Waals surface area contributed by atoms with Gasteiger partial charge in [0, 0.05) is 29.6 Å². The third-order valence-electron chi connectivity index (χ3n) is 2.19. The molecule has 0 aliphatic carbocycles. The van der Waals surface area contributed by atoms with E-state index in [1.54, 1.807) is 0 Å². The molecule has 0 radical (unpaired) electrons. The van der Waals surface area contributed by atoms with Crippen molar-refractivity contribution < 1.29 is 4.79 Å². The standard InChI is InChI=1S/C13H13BrClN3O/c14-12-3-1-2-10(6-12)8-17-9-11(7-16)13(19)18-5-4-15/h1-3,6,9,17H,4-5,8H2,(H,18,19)/b11-9-. The van der Waals surface area contributed by atoms with Crippen LogP contribution >= 0.6 is 27.5 Å². The van der Waals surface area contributed by atoms with E-state index in [-0.39, 0.29) is 5.57 Å². The Kier molecular flexibility index (Phi) is 7.01. The van der Waals surface area contributed by atoms with Crippen LogP contribution in [0.5, 0.6) is 0 Å². The average molecular weight is 343 g/mol. The van der Waals surface area contributed by atoms with E-state index in [0.29, 0.717) is 19.0 Å². The van der Waals surface area contributed by atoms with Gasteiger partial charge in [0.1, 0.15) is 11.6 Å². The molecule has 0 bridgehead atoms. The molecule has 2 N–H and O–H groups in total. The molecule has 6 heteroatoms. The maximum absolute atomic E-state index is 11.5. The Hall–Kier alpha value is -1.51. The maximum Gasteiger partial charge on any atom is 0.263 e. The Balaban J connectivity index is 2.54. The first-order chi connectivity index (χ1) is 9.17. The molecular formula is C13H13BrClN3O. The first-order valence-electron chi connectivity index (χ1n) is 5.59. The van der Waals surface area contributed by atoms with Crippen molar-refractivity contribution in [2.45, 2.75) is 6.54 Å². The monoisotopic (exact) mass is 341 g/mol. The number of nitriles is 1. The van der Waals surface area contributed by atoms with Gasteiger partial charge < -0.3 is 10.6 Å². The minimum atomic E-state index is -0.426. The highest BCUT2D eigenvalue weighted by molar-refractivity contribution is 9.10.